The van der Waals surface area contributed by atoms with Crippen molar-refractivity contribution in [2.45, 2.75) is 38.5 Å². The van der Waals surface area contributed by atoms with Crippen LogP contribution in [0.5, 0.6) is 0 Å². The number of carbonyl (C=O) groups excluding carboxylic acids is 1. The predicted octanol–water partition coefficient (Wildman–Crippen LogP) is 4.34. The summed E-state index contributed by atoms with van der Waals surface area (Å²) in [6.07, 6.45) is 10.7. The molecule has 0 saturated carbocycles. The molecule has 3 nitrogen and oxygen atoms in total. The Morgan fingerprint density at radius 1 is 1.00 bits per heavy atom. The van der Waals surface area contributed by atoms with Crippen LogP contribution in [0.4, 0.5) is 0 Å². The summed E-state index contributed by atoms with van der Waals surface area (Å²) in [4.78, 5) is 12.6. The van der Waals surface area contributed by atoms with Gasteiger partial charge >= 0.3 is 0 Å². The molecule has 108 valence electrons. The van der Waals surface area contributed by atoms with Crippen LogP contribution < -0.4 is 0 Å². The summed E-state index contributed by atoms with van der Waals surface area (Å²) in [5, 5.41) is 4.44. The Morgan fingerprint density at radius 2 is 1.81 bits per heavy atom. The maximum Gasteiger partial charge on any atom is 0.208 e. The van der Waals surface area contributed by atoms with Gasteiger partial charge in [0.1, 0.15) is 5.69 Å². The highest BCUT2D eigenvalue weighted by Crippen LogP contribution is 2.20. The molecule has 0 atom stereocenters. The molecule has 1 heterocycles. The van der Waals surface area contributed by atoms with E-state index in [4.69, 9.17) is 0 Å². The first-order chi connectivity index (χ1) is 10.3. The third-order valence-electron chi connectivity index (χ3n) is 3.93. The Labute approximate surface area is 125 Å². The molecule has 3 heteroatoms. The summed E-state index contributed by atoms with van der Waals surface area (Å²) in [5.74, 6) is 0.0894. The molecule has 3 rings (SSSR count). The molecule has 21 heavy (non-hydrogen) atoms. The minimum absolute atomic E-state index is 0.0894. The van der Waals surface area contributed by atoms with E-state index in [0.717, 1.165) is 30.5 Å². The first-order valence-electron chi connectivity index (χ1n) is 7.69. The first kappa shape index (κ1) is 13.8. The van der Waals surface area contributed by atoms with E-state index in [2.05, 4.69) is 11.2 Å². The zero-order valence-electron chi connectivity index (χ0n) is 12.2. The number of allylic oxidation sites excluding steroid dienone is 2. The number of benzene rings is 1. The third kappa shape index (κ3) is 3.30. The maximum absolute atomic E-state index is 12.6. The van der Waals surface area contributed by atoms with Gasteiger partial charge in [-0.1, -0.05) is 37.1 Å². The lowest BCUT2D eigenvalue weighted by molar-refractivity contribution is 0.102. The summed E-state index contributed by atoms with van der Waals surface area (Å²) in [6, 6.07) is 11.7. The van der Waals surface area contributed by atoms with Crippen molar-refractivity contribution in [2.75, 3.05) is 0 Å². The molecule has 0 spiro atoms. The molecular weight excluding hydrogens is 260 g/mol. The predicted molar refractivity (Wildman–Crippen MR) is 83.7 cm³/mol. The van der Waals surface area contributed by atoms with Crippen molar-refractivity contribution >= 4 is 5.78 Å². The van der Waals surface area contributed by atoms with E-state index in [0.29, 0.717) is 5.69 Å². The molecule has 0 unspecified atom stereocenters. The van der Waals surface area contributed by atoms with Gasteiger partial charge in [-0.2, -0.15) is 5.10 Å². The number of aromatic nitrogens is 2. The second-order valence-corrected chi connectivity index (χ2v) is 5.49. The van der Waals surface area contributed by atoms with Gasteiger partial charge in [0.05, 0.1) is 5.69 Å². The number of rotatable bonds is 3. The van der Waals surface area contributed by atoms with E-state index in [1.807, 2.05) is 42.6 Å². The van der Waals surface area contributed by atoms with Gasteiger partial charge < -0.3 is 0 Å². The monoisotopic (exact) mass is 280 g/mol. The van der Waals surface area contributed by atoms with E-state index in [-0.39, 0.29) is 5.78 Å². The van der Waals surface area contributed by atoms with E-state index >= 15 is 0 Å². The van der Waals surface area contributed by atoms with Crippen molar-refractivity contribution in [1.29, 1.82) is 0 Å². The molecule has 1 aliphatic rings. The van der Waals surface area contributed by atoms with Gasteiger partial charge in [-0.05, 0) is 49.5 Å². The number of ketones is 1. The standard InChI is InChI=1S/C18H20N2O/c21-18(15-9-5-2-1-3-6-10-15)17-13-14-20(19-17)16-11-7-4-8-12-16/h4,7-9,11-14H,1-3,5-6,10H2/b15-9+. The van der Waals surface area contributed by atoms with Crippen LogP contribution in [0.1, 0.15) is 49.0 Å². The van der Waals surface area contributed by atoms with Gasteiger partial charge in [0, 0.05) is 6.20 Å². The van der Waals surface area contributed by atoms with E-state index < -0.39 is 0 Å². The maximum atomic E-state index is 12.6. The highest BCUT2D eigenvalue weighted by atomic mass is 16.1. The van der Waals surface area contributed by atoms with Crippen molar-refractivity contribution in [1.82, 2.24) is 9.78 Å². The van der Waals surface area contributed by atoms with Gasteiger partial charge in [0.15, 0.2) is 0 Å². The largest absolute Gasteiger partial charge is 0.287 e. The van der Waals surface area contributed by atoms with Crippen molar-refractivity contribution in [3.8, 4) is 5.69 Å². The molecule has 0 bridgehead atoms. The van der Waals surface area contributed by atoms with Crippen LogP contribution in [0.3, 0.4) is 0 Å². The van der Waals surface area contributed by atoms with Crippen LogP contribution in [-0.2, 0) is 0 Å². The zero-order chi connectivity index (χ0) is 14.5. The van der Waals surface area contributed by atoms with Crippen LogP contribution >= 0.6 is 0 Å². The van der Waals surface area contributed by atoms with E-state index in [9.17, 15) is 4.79 Å². The lowest BCUT2D eigenvalue weighted by Gasteiger charge is -2.09. The summed E-state index contributed by atoms with van der Waals surface area (Å²) < 4.78 is 1.76. The fraction of sp³-hybridized carbons (Fsp3) is 0.333. The average molecular weight is 280 g/mol. The number of hydrogen-bond acceptors (Lipinski definition) is 2. The van der Waals surface area contributed by atoms with Crippen molar-refractivity contribution in [2.24, 2.45) is 0 Å². The normalized spacial score (nSPS) is 18.4. The van der Waals surface area contributed by atoms with E-state index in [1.165, 1.54) is 19.3 Å². The molecule has 0 radical (unpaired) electrons. The molecule has 0 N–H and O–H groups in total. The Hall–Kier alpha value is -2.16. The van der Waals surface area contributed by atoms with Crippen LogP contribution in [0.25, 0.3) is 5.69 Å². The summed E-state index contributed by atoms with van der Waals surface area (Å²) in [7, 11) is 0. The van der Waals surface area contributed by atoms with Gasteiger partial charge in [-0.25, -0.2) is 4.68 Å². The van der Waals surface area contributed by atoms with Crippen LogP contribution in [0.2, 0.25) is 0 Å². The molecule has 0 aliphatic heterocycles. The summed E-state index contributed by atoms with van der Waals surface area (Å²) in [5.41, 5.74) is 2.46. The average Bonchev–Trinajstić information content (AvgIpc) is 2.97. The fourth-order valence-electron chi connectivity index (χ4n) is 2.73. The SMILES string of the molecule is O=C(/C1=C/CCCCCC1)c1ccn(-c2ccccc2)n1. The van der Waals surface area contributed by atoms with E-state index in [1.54, 1.807) is 4.68 Å². The molecule has 2 aromatic rings. The Morgan fingerprint density at radius 3 is 2.67 bits per heavy atom. The number of Topliss-reactive ketones (excluding diaryl/α,β-unsaturated/α-hetero) is 1. The molecule has 1 aromatic heterocycles. The number of nitrogens with zero attached hydrogens (tertiary/aromatic N) is 2. The topological polar surface area (TPSA) is 34.9 Å². The van der Waals surface area contributed by atoms with Crippen LogP contribution in [0, 0.1) is 0 Å². The quantitative estimate of drug-likeness (QED) is 0.784. The Kier molecular flexibility index (Phi) is 4.29. The van der Waals surface area contributed by atoms with Crippen molar-refractivity contribution < 1.29 is 4.79 Å². The minimum Gasteiger partial charge on any atom is -0.287 e. The zero-order valence-corrected chi connectivity index (χ0v) is 12.2. The molecule has 0 saturated heterocycles. The Balaban J connectivity index is 1.80. The molecule has 1 aromatic carbocycles. The van der Waals surface area contributed by atoms with Gasteiger partial charge in [-0.3, -0.25) is 4.79 Å². The smallest absolute Gasteiger partial charge is 0.208 e. The number of carbonyl (C=O) groups is 1. The van der Waals surface area contributed by atoms with Gasteiger partial charge in [-0.15, -0.1) is 0 Å². The number of hydrogen-bond donors (Lipinski definition) is 0. The molecule has 1 aliphatic carbocycles. The molecular formula is C18H20N2O. The third-order valence-corrected chi connectivity index (χ3v) is 3.93. The van der Waals surface area contributed by atoms with Crippen LogP contribution in [-0.4, -0.2) is 15.6 Å². The second-order valence-electron chi connectivity index (χ2n) is 5.49. The lowest BCUT2D eigenvalue weighted by Crippen LogP contribution is -2.07. The van der Waals surface area contributed by atoms with Crippen LogP contribution in [0.15, 0.2) is 54.2 Å². The van der Waals surface area contributed by atoms with Gasteiger partial charge in [0.2, 0.25) is 5.78 Å². The second kappa shape index (κ2) is 6.53. The summed E-state index contributed by atoms with van der Waals surface area (Å²) >= 11 is 0. The number of para-hydroxylation sites is 1. The molecule has 0 fully saturated rings. The Bertz CT molecular complexity index is 640. The minimum atomic E-state index is 0.0894. The lowest BCUT2D eigenvalue weighted by atomic mass is 9.96. The van der Waals surface area contributed by atoms with Crippen molar-refractivity contribution in [3.05, 3.63) is 59.9 Å². The summed E-state index contributed by atoms with van der Waals surface area (Å²) in [6.45, 7) is 0. The molecule has 0 amide bonds. The van der Waals surface area contributed by atoms with Crippen molar-refractivity contribution in [3.63, 3.8) is 0 Å². The van der Waals surface area contributed by atoms with Gasteiger partial charge in [0.25, 0.3) is 0 Å². The highest BCUT2D eigenvalue weighted by molar-refractivity contribution is 6.07. The first-order valence-corrected chi connectivity index (χ1v) is 7.69. The fourth-order valence-corrected chi connectivity index (χ4v) is 2.73. The highest BCUT2D eigenvalue weighted by Gasteiger charge is 2.16.